The number of benzene rings is 1. The van der Waals surface area contributed by atoms with Crippen LogP contribution in [0.3, 0.4) is 0 Å². The van der Waals surface area contributed by atoms with E-state index in [1.165, 1.54) is 23.1 Å². The van der Waals surface area contributed by atoms with Gasteiger partial charge in [0.05, 0.1) is 11.3 Å². The van der Waals surface area contributed by atoms with Crippen molar-refractivity contribution in [2.75, 3.05) is 19.0 Å². The molecule has 0 aliphatic carbocycles. The Morgan fingerprint density at radius 3 is 2.87 bits per heavy atom. The standard InChI is InChI=1S/C15H17N3O3S2/c1-15(2,17-13(19)8-22-14-18-16-9-23-14)10-3-4-11-12(7-10)21-6-5-20-11/h3-4,7,9H,5-6,8H2,1-2H3,(H,17,19). The summed E-state index contributed by atoms with van der Waals surface area (Å²) in [6.45, 7) is 5.04. The summed E-state index contributed by atoms with van der Waals surface area (Å²) in [7, 11) is 0. The molecule has 0 saturated heterocycles. The topological polar surface area (TPSA) is 73.3 Å². The zero-order chi connectivity index (χ0) is 16.3. The number of amides is 1. The van der Waals surface area contributed by atoms with E-state index in [2.05, 4.69) is 15.5 Å². The van der Waals surface area contributed by atoms with E-state index in [1.807, 2.05) is 32.0 Å². The van der Waals surface area contributed by atoms with E-state index in [0.29, 0.717) is 19.0 Å². The number of thioether (sulfide) groups is 1. The van der Waals surface area contributed by atoms with Crippen molar-refractivity contribution in [3.63, 3.8) is 0 Å². The van der Waals surface area contributed by atoms with Crippen molar-refractivity contribution in [3.8, 4) is 11.5 Å². The molecule has 2 aromatic rings. The Morgan fingerprint density at radius 2 is 2.13 bits per heavy atom. The molecule has 0 spiro atoms. The average Bonchev–Trinajstić information content (AvgIpc) is 3.05. The Hall–Kier alpha value is -1.80. The van der Waals surface area contributed by atoms with Crippen molar-refractivity contribution >= 4 is 29.0 Å². The first-order chi connectivity index (χ1) is 11.0. The number of carbonyl (C=O) groups is 1. The predicted octanol–water partition coefficient (Wildman–Crippen LogP) is 2.45. The van der Waals surface area contributed by atoms with Crippen LogP contribution in [0.2, 0.25) is 0 Å². The molecule has 1 aliphatic rings. The van der Waals surface area contributed by atoms with E-state index >= 15 is 0 Å². The number of ether oxygens (including phenoxy) is 2. The Kier molecular flexibility index (Phi) is 4.72. The molecule has 1 amide bonds. The second-order valence-electron chi connectivity index (χ2n) is 5.52. The van der Waals surface area contributed by atoms with Crippen LogP contribution >= 0.6 is 23.1 Å². The van der Waals surface area contributed by atoms with Crippen LogP contribution < -0.4 is 14.8 Å². The maximum absolute atomic E-state index is 12.2. The molecule has 0 unspecified atom stereocenters. The number of aromatic nitrogens is 2. The molecule has 2 heterocycles. The van der Waals surface area contributed by atoms with Crippen molar-refractivity contribution in [1.29, 1.82) is 0 Å². The van der Waals surface area contributed by atoms with E-state index < -0.39 is 5.54 Å². The van der Waals surface area contributed by atoms with Gasteiger partial charge in [0.1, 0.15) is 18.7 Å². The number of carbonyl (C=O) groups excluding carboxylic acids is 1. The van der Waals surface area contributed by atoms with E-state index in [0.717, 1.165) is 21.4 Å². The van der Waals surface area contributed by atoms with Crippen molar-refractivity contribution in [2.45, 2.75) is 23.7 Å². The van der Waals surface area contributed by atoms with Gasteiger partial charge >= 0.3 is 0 Å². The molecular weight excluding hydrogens is 334 g/mol. The minimum atomic E-state index is -0.505. The molecule has 0 atom stereocenters. The molecule has 3 rings (SSSR count). The van der Waals surface area contributed by atoms with E-state index in [9.17, 15) is 4.79 Å². The number of fused-ring (bicyclic) bond motifs is 1. The van der Waals surface area contributed by atoms with Crippen LogP contribution in [0.1, 0.15) is 19.4 Å². The third-order valence-electron chi connectivity index (χ3n) is 3.38. The summed E-state index contributed by atoms with van der Waals surface area (Å²) in [4.78, 5) is 12.2. The second kappa shape index (κ2) is 6.76. The van der Waals surface area contributed by atoms with Gasteiger partial charge in [-0.15, -0.1) is 10.2 Å². The third kappa shape index (κ3) is 3.94. The minimum Gasteiger partial charge on any atom is -0.486 e. The van der Waals surface area contributed by atoms with Gasteiger partial charge < -0.3 is 14.8 Å². The predicted molar refractivity (Wildman–Crippen MR) is 89.2 cm³/mol. The quantitative estimate of drug-likeness (QED) is 0.834. The van der Waals surface area contributed by atoms with Crippen LogP contribution in [0.4, 0.5) is 0 Å². The largest absolute Gasteiger partial charge is 0.486 e. The van der Waals surface area contributed by atoms with Gasteiger partial charge in [-0.2, -0.15) is 0 Å². The van der Waals surface area contributed by atoms with Gasteiger partial charge in [-0.05, 0) is 31.5 Å². The number of rotatable bonds is 5. The SMILES string of the molecule is CC(C)(NC(=O)CSc1nncs1)c1ccc2c(c1)OCCO2. The highest BCUT2D eigenvalue weighted by atomic mass is 32.2. The maximum Gasteiger partial charge on any atom is 0.231 e. The highest BCUT2D eigenvalue weighted by Crippen LogP contribution is 2.34. The second-order valence-corrected chi connectivity index (χ2v) is 7.58. The minimum absolute atomic E-state index is 0.0508. The lowest BCUT2D eigenvalue weighted by Crippen LogP contribution is -2.42. The summed E-state index contributed by atoms with van der Waals surface area (Å²) in [6, 6.07) is 5.76. The first kappa shape index (κ1) is 16.1. The molecule has 1 N–H and O–H groups in total. The Labute approximate surface area is 142 Å². The maximum atomic E-state index is 12.2. The van der Waals surface area contributed by atoms with Crippen LogP contribution in [0.5, 0.6) is 11.5 Å². The van der Waals surface area contributed by atoms with Gasteiger partial charge in [0.15, 0.2) is 15.8 Å². The lowest BCUT2D eigenvalue weighted by molar-refractivity contribution is -0.120. The van der Waals surface area contributed by atoms with Gasteiger partial charge in [0.2, 0.25) is 5.91 Å². The van der Waals surface area contributed by atoms with Crippen molar-refractivity contribution in [1.82, 2.24) is 15.5 Å². The van der Waals surface area contributed by atoms with Gasteiger partial charge in [-0.3, -0.25) is 4.79 Å². The molecule has 1 aromatic carbocycles. The number of hydrogen-bond acceptors (Lipinski definition) is 7. The summed E-state index contributed by atoms with van der Waals surface area (Å²) >= 11 is 2.81. The lowest BCUT2D eigenvalue weighted by Gasteiger charge is -2.28. The summed E-state index contributed by atoms with van der Waals surface area (Å²) < 4.78 is 11.9. The highest BCUT2D eigenvalue weighted by molar-refractivity contribution is 8.01. The van der Waals surface area contributed by atoms with E-state index in [4.69, 9.17) is 9.47 Å². The molecule has 8 heteroatoms. The number of nitrogens with zero attached hydrogens (tertiary/aromatic N) is 2. The molecule has 0 radical (unpaired) electrons. The number of hydrogen-bond donors (Lipinski definition) is 1. The summed E-state index contributed by atoms with van der Waals surface area (Å²) in [5, 5.41) is 10.7. The van der Waals surface area contributed by atoms with Crippen molar-refractivity contribution in [3.05, 3.63) is 29.3 Å². The highest BCUT2D eigenvalue weighted by Gasteiger charge is 2.25. The molecule has 0 fully saturated rings. The van der Waals surface area contributed by atoms with Crippen LogP contribution in [-0.2, 0) is 10.3 Å². The van der Waals surface area contributed by atoms with Gasteiger partial charge in [0, 0.05) is 0 Å². The first-order valence-corrected chi connectivity index (χ1v) is 9.01. The summed E-state index contributed by atoms with van der Waals surface area (Å²) in [5.41, 5.74) is 2.12. The summed E-state index contributed by atoms with van der Waals surface area (Å²) in [6.07, 6.45) is 0. The third-order valence-corrected chi connectivity index (χ3v) is 5.24. The molecule has 122 valence electrons. The zero-order valence-electron chi connectivity index (χ0n) is 12.9. The van der Waals surface area contributed by atoms with Crippen molar-refractivity contribution in [2.24, 2.45) is 0 Å². The van der Waals surface area contributed by atoms with Crippen molar-refractivity contribution < 1.29 is 14.3 Å². The van der Waals surface area contributed by atoms with E-state index in [1.54, 1.807) is 5.51 Å². The average molecular weight is 351 g/mol. The van der Waals surface area contributed by atoms with Gasteiger partial charge in [-0.25, -0.2) is 0 Å². The lowest BCUT2D eigenvalue weighted by atomic mass is 9.93. The Bertz CT molecular complexity index is 689. The van der Waals surface area contributed by atoms with Gasteiger partial charge in [-0.1, -0.05) is 29.2 Å². The fourth-order valence-corrected chi connectivity index (χ4v) is 3.53. The first-order valence-electron chi connectivity index (χ1n) is 7.15. The molecule has 0 bridgehead atoms. The van der Waals surface area contributed by atoms with Crippen LogP contribution in [0.25, 0.3) is 0 Å². The smallest absolute Gasteiger partial charge is 0.231 e. The molecule has 1 aliphatic heterocycles. The Morgan fingerprint density at radius 1 is 1.35 bits per heavy atom. The fraction of sp³-hybridized carbons (Fsp3) is 0.400. The monoisotopic (exact) mass is 351 g/mol. The van der Waals surface area contributed by atoms with Crippen LogP contribution in [-0.4, -0.2) is 35.1 Å². The molecule has 23 heavy (non-hydrogen) atoms. The number of nitrogens with one attached hydrogen (secondary N) is 1. The molecule has 1 aromatic heterocycles. The molecule has 6 nitrogen and oxygen atoms in total. The van der Waals surface area contributed by atoms with Gasteiger partial charge in [0.25, 0.3) is 0 Å². The zero-order valence-corrected chi connectivity index (χ0v) is 14.5. The molecular formula is C15H17N3O3S2. The van der Waals surface area contributed by atoms with Crippen LogP contribution in [0.15, 0.2) is 28.0 Å². The van der Waals surface area contributed by atoms with E-state index in [-0.39, 0.29) is 5.91 Å². The fourth-order valence-electron chi connectivity index (χ4n) is 2.24. The normalized spacial score (nSPS) is 13.7. The summed E-state index contributed by atoms with van der Waals surface area (Å²) in [5.74, 6) is 1.72. The van der Waals surface area contributed by atoms with Crippen LogP contribution in [0, 0.1) is 0 Å². The molecule has 0 saturated carbocycles. The Balaban J connectivity index is 1.64.